The molecule has 0 fully saturated rings. The average molecular weight is 513 g/mol. The van der Waals surface area contributed by atoms with Crippen LogP contribution in [0.15, 0.2) is 46.2 Å². The molecule has 0 heterocycles. The molecule has 1 aliphatic carbocycles. The molecule has 13 heteroatoms. The summed E-state index contributed by atoms with van der Waals surface area (Å²) in [6.07, 6.45) is 0. The number of ether oxygens (including phenoxy) is 2. The molecule has 0 spiro atoms. The van der Waals surface area contributed by atoms with Gasteiger partial charge in [-0.05, 0) is 35.4 Å². The third-order valence-corrected chi connectivity index (χ3v) is 7.90. The molecule has 0 atom stereocenters. The van der Waals surface area contributed by atoms with Crippen molar-refractivity contribution in [1.82, 2.24) is 9.44 Å². The number of carbonyl (C=O) groups is 1. The third-order valence-electron chi connectivity index (χ3n) is 4.98. The minimum Gasteiger partial charge on any atom is -0.379 e. The van der Waals surface area contributed by atoms with Crippen molar-refractivity contribution in [3.8, 4) is 11.1 Å². The predicted octanol–water partition coefficient (Wildman–Crippen LogP) is -0.595. The van der Waals surface area contributed by atoms with Crippen molar-refractivity contribution >= 4 is 25.8 Å². The van der Waals surface area contributed by atoms with E-state index in [1.807, 2.05) is 0 Å². The molecule has 3 rings (SSSR count). The molecule has 0 saturated heterocycles. The molecule has 186 valence electrons. The molecule has 2 aromatic rings. The van der Waals surface area contributed by atoms with Crippen LogP contribution >= 0.6 is 0 Å². The Labute approximate surface area is 198 Å². The SMILES string of the molecule is NCCOCCNS(=O)(=O)c1ccc2c(c1)C(=O)c1cc(S(=O)(=O)NCCOCCN)ccc1-2. The maximum atomic E-state index is 13.0. The normalized spacial score (nSPS) is 13.2. The van der Waals surface area contributed by atoms with E-state index in [1.165, 1.54) is 24.3 Å². The van der Waals surface area contributed by atoms with Crippen molar-refractivity contribution in [2.24, 2.45) is 11.5 Å². The highest BCUT2D eigenvalue weighted by atomic mass is 32.2. The van der Waals surface area contributed by atoms with Gasteiger partial charge < -0.3 is 20.9 Å². The summed E-state index contributed by atoms with van der Waals surface area (Å²) >= 11 is 0. The number of sulfonamides is 2. The smallest absolute Gasteiger partial charge is 0.240 e. The largest absolute Gasteiger partial charge is 0.379 e. The second-order valence-corrected chi connectivity index (χ2v) is 10.9. The lowest BCUT2D eigenvalue weighted by atomic mass is 10.1. The summed E-state index contributed by atoms with van der Waals surface area (Å²) in [7, 11) is -7.73. The van der Waals surface area contributed by atoms with Crippen LogP contribution in [-0.2, 0) is 29.5 Å². The van der Waals surface area contributed by atoms with Gasteiger partial charge in [-0.3, -0.25) is 4.79 Å². The lowest BCUT2D eigenvalue weighted by Gasteiger charge is -2.09. The Bertz CT molecular complexity index is 1150. The molecule has 0 radical (unpaired) electrons. The van der Waals surface area contributed by atoms with E-state index in [-0.39, 0.29) is 47.2 Å². The lowest BCUT2D eigenvalue weighted by molar-refractivity contribution is 0.104. The number of hydrogen-bond donors (Lipinski definition) is 4. The summed E-state index contributed by atoms with van der Waals surface area (Å²) in [5, 5.41) is 0. The first-order chi connectivity index (χ1) is 16.2. The van der Waals surface area contributed by atoms with Crippen molar-refractivity contribution in [1.29, 1.82) is 0 Å². The van der Waals surface area contributed by atoms with Crippen LogP contribution in [0.5, 0.6) is 0 Å². The first-order valence-electron chi connectivity index (χ1n) is 10.6. The number of hydrogen-bond acceptors (Lipinski definition) is 9. The van der Waals surface area contributed by atoms with E-state index in [9.17, 15) is 21.6 Å². The Hall–Kier alpha value is -2.23. The minimum absolute atomic E-state index is 0.0546. The molecule has 34 heavy (non-hydrogen) atoms. The second kappa shape index (κ2) is 11.5. The molecule has 11 nitrogen and oxygen atoms in total. The van der Waals surface area contributed by atoms with E-state index in [4.69, 9.17) is 20.9 Å². The van der Waals surface area contributed by atoms with Crippen molar-refractivity contribution < 1.29 is 31.1 Å². The summed E-state index contributed by atoms with van der Waals surface area (Å²) in [5.74, 6) is -0.448. The van der Waals surface area contributed by atoms with Crippen molar-refractivity contribution in [2.75, 3.05) is 52.6 Å². The topological polar surface area (TPSA) is 180 Å². The number of carbonyl (C=O) groups excluding carboxylic acids is 1. The first kappa shape index (κ1) is 26.4. The zero-order valence-corrected chi connectivity index (χ0v) is 20.1. The monoisotopic (exact) mass is 512 g/mol. The Kier molecular flexibility index (Phi) is 8.89. The highest BCUT2D eigenvalue weighted by Crippen LogP contribution is 2.38. The van der Waals surface area contributed by atoms with Crippen molar-refractivity contribution in [2.45, 2.75) is 9.79 Å². The zero-order valence-electron chi connectivity index (χ0n) is 18.4. The molecule has 0 aromatic heterocycles. The zero-order chi connectivity index (χ0) is 24.8. The summed E-state index contributed by atoms with van der Waals surface area (Å²) in [6.45, 7) is 1.75. The van der Waals surface area contributed by atoms with Gasteiger partial charge >= 0.3 is 0 Å². The molecule has 0 bridgehead atoms. The van der Waals surface area contributed by atoms with Crippen LogP contribution < -0.4 is 20.9 Å². The van der Waals surface area contributed by atoms with Crippen LogP contribution in [0.4, 0.5) is 0 Å². The summed E-state index contributed by atoms with van der Waals surface area (Å²) < 4.78 is 65.5. The van der Waals surface area contributed by atoms with E-state index in [2.05, 4.69) is 9.44 Å². The number of ketones is 1. The van der Waals surface area contributed by atoms with Crippen molar-refractivity contribution in [3.63, 3.8) is 0 Å². The molecule has 2 aromatic carbocycles. The molecule has 0 amide bonds. The number of nitrogens with one attached hydrogen (secondary N) is 2. The predicted molar refractivity (Wildman–Crippen MR) is 125 cm³/mol. The molecule has 0 aliphatic heterocycles. The van der Waals surface area contributed by atoms with Crippen LogP contribution in [0.1, 0.15) is 15.9 Å². The number of nitrogens with two attached hydrogens (primary N) is 2. The Morgan fingerprint density at radius 3 is 1.44 bits per heavy atom. The fraction of sp³-hybridized carbons (Fsp3) is 0.381. The highest BCUT2D eigenvalue weighted by molar-refractivity contribution is 7.89. The van der Waals surface area contributed by atoms with Crippen LogP contribution in [0.25, 0.3) is 11.1 Å². The summed E-state index contributed by atoms with van der Waals surface area (Å²) in [4.78, 5) is 12.9. The van der Waals surface area contributed by atoms with Gasteiger partial charge in [0.05, 0.1) is 36.2 Å². The number of benzene rings is 2. The van der Waals surface area contributed by atoms with Gasteiger partial charge in [-0.25, -0.2) is 26.3 Å². The van der Waals surface area contributed by atoms with Crippen LogP contribution in [0, 0.1) is 0 Å². The minimum atomic E-state index is -3.87. The summed E-state index contributed by atoms with van der Waals surface area (Å²) in [6, 6.07) is 8.47. The van der Waals surface area contributed by atoms with E-state index in [0.717, 1.165) is 0 Å². The van der Waals surface area contributed by atoms with Gasteiger partial charge in [0.1, 0.15) is 0 Å². The standard InChI is InChI=1S/C21H28N4O7S2/c22-5-9-31-11-7-24-33(27,28)15-1-3-17-18-4-2-16(14-20(18)21(26)19(17)13-15)34(29,30)25-8-12-32-10-6-23/h1-4,13-14,24-25H,5-12,22-23H2. The van der Waals surface area contributed by atoms with E-state index in [0.29, 0.717) is 37.4 Å². The average Bonchev–Trinajstić information content (AvgIpc) is 3.10. The summed E-state index contributed by atoms with van der Waals surface area (Å²) in [5.41, 5.74) is 12.1. The quantitative estimate of drug-likeness (QED) is 0.205. The van der Waals surface area contributed by atoms with Gasteiger partial charge in [0, 0.05) is 37.3 Å². The van der Waals surface area contributed by atoms with Crippen LogP contribution in [0.3, 0.4) is 0 Å². The fourth-order valence-electron chi connectivity index (χ4n) is 3.41. The second-order valence-electron chi connectivity index (χ2n) is 7.34. The van der Waals surface area contributed by atoms with E-state index >= 15 is 0 Å². The lowest BCUT2D eigenvalue weighted by Crippen LogP contribution is -2.28. The van der Waals surface area contributed by atoms with Gasteiger partial charge in [-0.15, -0.1) is 0 Å². The Morgan fingerprint density at radius 1 is 0.647 bits per heavy atom. The van der Waals surface area contributed by atoms with Crippen LogP contribution in [0.2, 0.25) is 0 Å². The van der Waals surface area contributed by atoms with E-state index < -0.39 is 25.8 Å². The molecule has 0 saturated carbocycles. The molecule has 1 aliphatic rings. The molecule has 6 N–H and O–H groups in total. The van der Waals surface area contributed by atoms with Gasteiger partial charge in [-0.2, -0.15) is 0 Å². The number of fused-ring (bicyclic) bond motifs is 3. The fourth-order valence-corrected chi connectivity index (χ4v) is 5.48. The Balaban J connectivity index is 1.76. The van der Waals surface area contributed by atoms with Crippen LogP contribution in [-0.4, -0.2) is 75.2 Å². The Morgan fingerprint density at radius 2 is 1.06 bits per heavy atom. The molecular formula is C21H28N4O7S2. The maximum absolute atomic E-state index is 13.0. The van der Waals surface area contributed by atoms with Crippen molar-refractivity contribution in [3.05, 3.63) is 47.5 Å². The van der Waals surface area contributed by atoms with Gasteiger partial charge in [0.15, 0.2) is 5.78 Å². The first-order valence-corrected chi connectivity index (χ1v) is 13.6. The van der Waals surface area contributed by atoms with Gasteiger partial charge in [0.2, 0.25) is 20.0 Å². The molecular weight excluding hydrogens is 484 g/mol. The highest BCUT2D eigenvalue weighted by Gasteiger charge is 2.30. The van der Waals surface area contributed by atoms with E-state index in [1.54, 1.807) is 12.1 Å². The number of rotatable bonds is 14. The molecule has 0 unspecified atom stereocenters. The van der Waals surface area contributed by atoms with Gasteiger partial charge in [0.25, 0.3) is 0 Å². The van der Waals surface area contributed by atoms with Gasteiger partial charge in [-0.1, -0.05) is 12.1 Å². The third kappa shape index (κ3) is 6.06. The maximum Gasteiger partial charge on any atom is 0.240 e.